The monoisotopic (exact) mass is 146 g/mol. The lowest BCUT2D eigenvalue weighted by Gasteiger charge is -1.99. The van der Waals surface area contributed by atoms with E-state index >= 15 is 0 Å². The maximum atomic E-state index is 9.10. The molecule has 1 rings (SSSR count). The summed E-state index contributed by atoms with van der Waals surface area (Å²) in [7, 11) is 0. The van der Waals surface area contributed by atoms with Crippen LogP contribution in [-0.2, 0) is 14.3 Å². The molecule has 0 atom stereocenters. The lowest BCUT2D eigenvalue weighted by Crippen LogP contribution is -2.09. The van der Waals surface area contributed by atoms with E-state index in [0.717, 1.165) is 6.61 Å². The van der Waals surface area contributed by atoms with Gasteiger partial charge >= 0.3 is 11.9 Å². The van der Waals surface area contributed by atoms with Gasteiger partial charge in [-0.25, -0.2) is 9.59 Å². The molecule has 1 heterocycles. The number of hydrogen-bond donors (Lipinski definition) is 2. The smallest absolute Gasteiger partial charge is 0.414 e. The highest BCUT2D eigenvalue weighted by Gasteiger charge is 2.04. The summed E-state index contributed by atoms with van der Waals surface area (Å²) < 4.78 is 4.54. The van der Waals surface area contributed by atoms with Gasteiger partial charge < -0.3 is 14.9 Å². The molecule has 0 saturated carbocycles. The molecule has 1 aliphatic heterocycles. The molecule has 0 aromatic rings. The zero-order valence-electron chi connectivity index (χ0n) is 4.98. The maximum absolute atomic E-state index is 9.10. The fraction of sp³-hybridized carbons (Fsp3) is 0.200. The minimum atomic E-state index is -1.82. The standard InChI is InChI=1S/C3H4O.C2H2O4/c1-2-4-3-1;3-1(4)2(5)6/h1-2H,3H2;(H,3,4)(H,5,6). The van der Waals surface area contributed by atoms with Gasteiger partial charge in [0.1, 0.15) is 6.61 Å². The summed E-state index contributed by atoms with van der Waals surface area (Å²) in [6.07, 6.45) is 3.64. The second-order valence-electron chi connectivity index (χ2n) is 1.32. The summed E-state index contributed by atoms with van der Waals surface area (Å²) in [5, 5.41) is 14.8. The third-order valence-corrected chi connectivity index (χ3v) is 0.568. The molecule has 0 unspecified atom stereocenters. The van der Waals surface area contributed by atoms with E-state index in [1.165, 1.54) is 0 Å². The second-order valence-corrected chi connectivity index (χ2v) is 1.32. The number of carboxylic acids is 2. The lowest BCUT2D eigenvalue weighted by atomic mass is 10.6. The third-order valence-electron chi connectivity index (χ3n) is 0.568. The highest BCUT2D eigenvalue weighted by atomic mass is 16.5. The number of aliphatic carboxylic acids is 2. The molecule has 5 nitrogen and oxygen atoms in total. The van der Waals surface area contributed by atoms with E-state index in [1.54, 1.807) is 6.26 Å². The van der Waals surface area contributed by atoms with Crippen LogP contribution in [0.2, 0.25) is 0 Å². The van der Waals surface area contributed by atoms with Crippen molar-refractivity contribution in [3.63, 3.8) is 0 Å². The van der Waals surface area contributed by atoms with Crippen molar-refractivity contribution in [1.29, 1.82) is 0 Å². The number of hydrogen-bond acceptors (Lipinski definition) is 3. The van der Waals surface area contributed by atoms with Gasteiger partial charge in [-0.05, 0) is 6.08 Å². The molecule has 0 fully saturated rings. The lowest BCUT2D eigenvalue weighted by molar-refractivity contribution is -0.159. The van der Waals surface area contributed by atoms with Crippen molar-refractivity contribution in [3.8, 4) is 0 Å². The predicted octanol–water partition coefficient (Wildman–Crippen LogP) is -0.314. The fourth-order valence-corrected chi connectivity index (χ4v) is 0.0962. The van der Waals surface area contributed by atoms with E-state index in [4.69, 9.17) is 19.8 Å². The summed E-state index contributed by atoms with van der Waals surface area (Å²) in [6, 6.07) is 0. The summed E-state index contributed by atoms with van der Waals surface area (Å²) in [4.78, 5) is 18.2. The van der Waals surface area contributed by atoms with Gasteiger partial charge in [0.05, 0.1) is 6.26 Å². The molecule has 0 aliphatic carbocycles. The Kier molecular flexibility index (Phi) is 3.70. The van der Waals surface area contributed by atoms with Gasteiger partial charge in [0, 0.05) is 0 Å². The largest absolute Gasteiger partial charge is 0.497 e. The van der Waals surface area contributed by atoms with Crippen molar-refractivity contribution in [2.24, 2.45) is 0 Å². The Morgan fingerprint density at radius 2 is 1.50 bits per heavy atom. The molecule has 0 amide bonds. The molecule has 5 heteroatoms. The van der Waals surface area contributed by atoms with E-state index in [2.05, 4.69) is 4.74 Å². The van der Waals surface area contributed by atoms with Crippen LogP contribution in [0.5, 0.6) is 0 Å². The molecule has 0 radical (unpaired) electrons. The molecule has 0 aromatic heterocycles. The topological polar surface area (TPSA) is 83.8 Å². The van der Waals surface area contributed by atoms with Crippen molar-refractivity contribution in [2.45, 2.75) is 0 Å². The van der Waals surface area contributed by atoms with Crippen molar-refractivity contribution < 1.29 is 24.5 Å². The highest BCUT2D eigenvalue weighted by Crippen LogP contribution is 1.87. The first-order valence-electron chi connectivity index (χ1n) is 2.37. The van der Waals surface area contributed by atoms with Crippen molar-refractivity contribution in [3.05, 3.63) is 12.3 Å². The van der Waals surface area contributed by atoms with E-state index in [0.29, 0.717) is 0 Å². The van der Waals surface area contributed by atoms with Gasteiger partial charge in [-0.15, -0.1) is 0 Å². The Labute approximate surface area is 56.5 Å². The van der Waals surface area contributed by atoms with E-state index in [9.17, 15) is 0 Å². The number of carbonyl (C=O) groups is 2. The van der Waals surface area contributed by atoms with Crippen LogP contribution in [0.25, 0.3) is 0 Å². The Bertz CT molecular complexity index is 141. The maximum Gasteiger partial charge on any atom is 0.414 e. The first-order chi connectivity index (χ1) is 4.64. The highest BCUT2D eigenvalue weighted by molar-refractivity contribution is 6.27. The molecular weight excluding hydrogens is 140 g/mol. The molecule has 1 aliphatic rings. The van der Waals surface area contributed by atoms with E-state index in [-0.39, 0.29) is 0 Å². The van der Waals surface area contributed by atoms with Crippen LogP contribution in [0.1, 0.15) is 0 Å². The van der Waals surface area contributed by atoms with Gasteiger partial charge in [0.25, 0.3) is 0 Å². The fourth-order valence-electron chi connectivity index (χ4n) is 0.0962. The van der Waals surface area contributed by atoms with Crippen LogP contribution in [0, 0.1) is 0 Å². The van der Waals surface area contributed by atoms with Crippen LogP contribution >= 0.6 is 0 Å². The molecule has 0 saturated heterocycles. The van der Waals surface area contributed by atoms with Crippen molar-refractivity contribution in [1.82, 2.24) is 0 Å². The van der Waals surface area contributed by atoms with E-state index in [1.807, 2.05) is 6.08 Å². The molecule has 2 N–H and O–H groups in total. The second kappa shape index (κ2) is 4.37. The van der Waals surface area contributed by atoms with Crippen LogP contribution in [0.3, 0.4) is 0 Å². The molecule has 0 spiro atoms. The summed E-state index contributed by atoms with van der Waals surface area (Å²) in [5.74, 6) is -3.65. The summed E-state index contributed by atoms with van der Waals surface area (Å²) >= 11 is 0. The Balaban J connectivity index is 0.000000172. The number of rotatable bonds is 0. The Morgan fingerprint density at radius 3 is 1.50 bits per heavy atom. The third kappa shape index (κ3) is 4.63. The molecular formula is C5H6O5. The van der Waals surface area contributed by atoms with Gasteiger partial charge in [-0.3, -0.25) is 0 Å². The van der Waals surface area contributed by atoms with Gasteiger partial charge in [-0.1, -0.05) is 0 Å². The minimum Gasteiger partial charge on any atom is -0.497 e. The van der Waals surface area contributed by atoms with Crippen LogP contribution < -0.4 is 0 Å². The van der Waals surface area contributed by atoms with Crippen LogP contribution in [0.4, 0.5) is 0 Å². The van der Waals surface area contributed by atoms with Gasteiger partial charge in [-0.2, -0.15) is 0 Å². The first-order valence-corrected chi connectivity index (χ1v) is 2.37. The normalized spacial score (nSPS) is 11.6. The van der Waals surface area contributed by atoms with Crippen molar-refractivity contribution >= 4 is 11.9 Å². The minimum absolute atomic E-state index is 0.819. The number of carboxylic acid groups (broad SMARTS) is 2. The SMILES string of the molecule is C1=COC1.O=C(O)C(=O)O. The Hall–Kier alpha value is -1.52. The molecule has 0 aromatic carbocycles. The predicted molar refractivity (Wildman–Crippen MR) is 30.4 cm³/mol. The summed E-state index contributed by atoms with van der Waals surface area (Å²) in [5.41, 5.74) is 0. The first kappa shape index (κ1) is 8.48. The molecule has 10 heavy (non-hydrogen) atoms. The van der Waals surface area contributed by atoms with Crippen molar-refractivity contribution in [2.75, 3.05) is 6.61 Å². The van der Waals surface area contributed by atoms with Crippen LogP contribution in [-0.4, -0.2) is 28.8 Å². The average Bonchev–Trinajstić information content (AvgIpc) is 1.59. The molecule has 0 bridgehead atoms. The van der Waals surface area contributed by atoms with Gasteiger partial charge in [0.2, 0.25) is 0 Å². The Morgan fingerprint density at radius 1 is 1.30 bits per heavy atom. The zero-order chi connectivity index (χ0) is 7.98. The zero-order valence-corrected chi connectivity index (χ0v) is 4.98. The average molecular weight is 146 g/mol. The summed E-state index contributed by atoms with van der Waals surface area (Å²) in [6.45, 7) is 0.819. The quantitative estimate of drug-likeness (QED) is 0.458. The van der Waals surface area contributed by atoms with Gasteiger partial charge in [0.15, 0.2) is 0 Å². The van der Waals surface area contributed by atoms with Crippen LogP contribution in [0.15, 0.2) is 12.3 Å². The molecule has 56 valence electrons. The number of ether oxygens (including phenoxy) is 1. The van der Waals surface area contributed by atoms with E-state index < -0.39 is 11.9 Å².